The highest BCUT2D eigenvalue weighted by Gasteiger charge is 2.38. The molecule has 0 radical (unpaired) electrons. The summed E-state index contributed by atoms with van der Waals surface area (Å²) < 4.78 is 13.0. The van der Waals surface area contributed by atoms with Gasteiger partial charge in [0.25, 0.3) is 0 Å². The summed E-state index contributed by atoms with van der Waals surface area (Å²) >= 11 is 0. The number of nitrogens with one attached hydrogen (secondary N) is 1. The van der Waals surface area contributed by atoms with Crippen LogP contribution in [0.4, 0.5) is 4.39 Å². The third-order valence-electron chi connectivity index (χ3n) is 4.87. The lowest BCUT2D eigenvalue weighted by Crippen LogP contribution is -2.59. The van der Waals surface area contributed by atoms with Crippen LogP contribution in [0.3, 0.4) is 0 Å². The van der Waals surface area contributed by atoms with Gasteiger partial charge in [-0.25, -0.2) is 4.39 Å². The van der Waals surface area contributed by atoms with Gasteiger partial charge < -0.3 is 5.32 Å². The van der Waals surface area contributed by atoms with E-state index in [0.717, 1.165) is 19.6 Å². The number of benzene rings is 1. The maximum atomic E-state index is 13.0. The van der Waals surface area contributed by atoms with Crippen molar-refractivity contribution in [1.82, 2.24) is 10.2 Å². The molecule has 0 bridgehead atoms. The second kappa shape index (κ2) is 5.22. The fourth-order valence-electron chi connectivity index (χ4n) is 3.66. The van der Waals surface area contributed by atoms with E-state index in [1.807, 2.05) is 12.1 Å². The van der Waals surface area contributed by atoms with E-state index in [4.69, 9.17) is 0 Å². The molecule has 1 atom stereocenters. The van der Waals surface area contributed by atoms with E-state index in [1.165, 1.54) is 31.2 Å². The SMILES string of the molecule is CC(c1ccc(F)cc1)N1CCNC2(CCCC2)C1. The average Bonchev–Trinajstić information content (AvgIpc) is 2.87. The quantitative estimate of drug-likeness (QED) is 0.881. The van der Waals surface area contributed by atoms with Crippen LogP contribution in [0, 0.1) is 5.82 Å². The molecule has 104 valence electrons. The molecule has 1 unspecified atom stereocenters. The molecule has 1 N–H and O–H groups in total. The zero-order valence-electron chi connectivity index (χ0n) is 11.7. The third-order valence-corrected chi connectivity index (χ3v) is 4.87. The van der Waals surface area contributed by atoms with E-state index in [9.17, 15) is 4.39 Å². The summed E-state index contributed by atoms with van der Waals surface area (Å²) in [6.45, 7) is 5.53. The number of nitrogens with zero attached hydrogens (tertiary/aromatic N) is 1. The van der Waals surface area contributed by atoms with Crippen LogP contribution in [0.5, 0.6) is 0 Å². The lowest BCUT2D eigenvalue weighted by molar-refractivity contribution is 0.101. The molecule has 1 saturated heterocycles. The Hall–Kier alpha value is -0.930. The molecule has 1 aromatic rings. The molecule has 1 aliphatic heterocycles. The summed E-state index contributed by atoms with van der Waals surface area (Å²) in [5, 5.41) is 3.74. The molecule has 1 aliphatic carbocycles. The molecule has 1 heterocycles. The van der Waals surface area contributed by atoms with Gasteiger partial charge in [-0.3, -0.25) is 4.90 Å². The average molecular weight is 262 g/mol. The van der Waals surface area contributed by atoms with E-state index in [2.05, 4.69) is 17.1 Å². The fourth-order valence-corrected chi connectivity index (χ4v) is 3.66. The van der Waals surface area contributed by atoms with Crippen LogP contribution in [0.15, 0.2) is 24.3 Å². The first kappa shape index (κ1) is 13.1. The molecule has 2 aliphatic rings. The number of halogens is 1. The van der Waals surface area contributed by atoms with Crippen molar-refractivity contribution in [2.75, 3.05) is 19.6 Å². The molecular weight excluding hydrogens is 239 g/mol. The van der Waals surface area contributed by atoms with Crippen molar-refractivity contribution in [3.05, 3.63) is 35.6 Å². The van der Waals surface area contributed by atoms with Gasteiger partial charge in [0.1, 0.15) is 5.82 Å². The first-order valence-corrected chi connectivity index (χ1v) is 7.43. The van der Waals surface area contributed by atoms with Crippen molar-refractivity contribution in [2.24, 2.45) is 0 Å². The highest BCUT2D eigenvalue weighted by atomic mass is 19.1. The summed E-state index contributed by atoms with van der Waals surface area (Å²) in [6, 6.07) is 7.35. The fraction of sp³-hybridized carbons (Fsp3) is 0.625. The monoisotopic (exact) mass is 262 g/mol. The molecular formula is C16H23FN2. The van der Waals surface area contributed by atoms with Gasteiger partial charge in [0.15, 0.2) is 0 Å². The van der Waals surface area contributed by atoms with Crippen molar-refractivity contribution >= 4 is 0 Å². The van der Waals surface area contributed by atoms with Crippen LogP contribution < -0.4 is 5.32 Å². The highest BCUT2D eigenvalue weighted by Crippen LogP contribution is 2.34. The third kappa shape index (κ3) is 2.67. The molecule has 19 heavy (non-hydrogen) atoms. The van der Waals surface area contributed by atoms with Gasteiger partial charge in [0.2, 0.25) is 0 Å². The minimum Gasteiger partial charge on any atom is -0.309 e. The van der Waals surface area contributed by atoms with Crippen LogP contribution in [0.2, 0.25) is 0 Å². The highest BCUT2D eigenvalue weighted by molar-refractivity contribution is 5.20. The number of hydrogen-bond acceptors (Lipinski definition) is 2. The van der Waals surface area contributed by atoms with E-state index in [0.29, 0.717) is 11.6 Å². The molecule has 0 aromatic heterocycles. The Bertz CT molecular complexity index is 423. The topological polar surface area (TPSA) is 15.3 Å². The van der Waals surface area contributed by atoms with Crippen molar-refractivity contribution in [1.29, 1.82) is 0 Å². The second-order valence-corrected chi connectivity index (χ2v) is 6.11. The Labute approximate surface area is 115 Å². The van der Waals surface area contributed by atoms with Gasteiger partial charge in [-0.15, -0.1) is 0 Å². The molecule has 1 spiro atoms. The molecule has 2 fully saturated rings. The second-order valence-electron chi connectivity index (χ2n) is 6.11. The van der Waals surface area contributed by atoms with Crippen LogP contribution in [-0.4, -0.2) is 30.1 Å². The first-order chi connectivity index (χ1) is 9.19. The summed E-state index contributed by atoms with van der Waals surface area (Å²) in [4.78, 5) is 2.55. The minimum atomic E-state index is -0.150. The Morgan fingerprint density at radius 2 is 1.89 bits per heavy atom. The van der Waals surface area contributed by atoms with Crippen LogP contribution in [0.1, 0.15) is 44.2 Å². The maximum absolute atomic E-state index is 13.0. The lowest BCUT2D eigenvalue weighted by atomic mass is 9.93. The number of rotatable bonds is 2. The van der Waals surface area contributed by atoms with Gasteiger partial charge in [-0.05, 0) is 37.5 Å². The molecule has 1 saturated carbocycles. The van der Waals surface area contributed by atoms with Crippen LogP contribution in [0.25, 0.3) is 0 Å². The zero-order chi connectivity index (χ0) is 13.3. The maximum Gasteiger partial charge on any atom is 0.123 e. The van der Waals surface area contributed by atoms with E-state index >= 15 is 0 Å². The summed E-state index contributed by atoms with van der Waals surface area (Å²) in [5.74, 6) is -0.150. The van der Waals surface area contributed by atoms with Gasteiger partial charge >= 0.3 is 0 Å². The van der Waals surface area contributed by atoms with Crippen LogP contribution >= 0.6 is 0 Å². The lowest BCUT2D eigenvalue weighted by Gasteiger charge is -2.44. The van der Waals surface area contributed by atoms with Gasteiger partial charge in [-0.2, -0.15) is 0 Å². The van der Waals surface area contributed by atoms with Crippen molar-refractivity contribution in [3.63, 3.8) is 0 Å². The minimum absolute atomic E-state index is 0.150. The van der Waals surface area contributed by atoms with Crippen molar-refractivity contribution in [3.8, 4) is 0 Å². The Balaban J connectivity index is 1.72. The van der Waals surface area contributed by atoms with Crippen molar-refractivity contribution < 1.29 is 4.39 Å². The van der Waals surface area contributed by atoms with E-state index in [1.54, 1.807) is 12.1 Å². The largest absolute Gasteiger partial charge is 0.309 e. The van der Waals surface area contributed by atoms with Crippen molar-refractivity contribution in [2.45, 2.75) is 44.2 Å². The summed E-state index contributed by atoms with van der Waals surface area (Å²) in [5.41, 5.74) is 1.57. The Morgan fingerprint density at radius 3 is 2.58 bits per heavy atom. The smallest absolute Gasteiger partial charge is 0.123 e. The van der Waals surface area contributed by atoms with E-state index < -0.39 is 0 Å². The Kier molecular flexibility index (Phi) is 3.59. The summed E-state index contributed by atoms with van der Waals surface area (Å²) in [7, 11) is 0. The van der Waals surface area contributed by atoms with E-state index in [-0.39, 0.29) is 5.82 Å². The predicted molar refractivity (Wildman–Crippen MR) is 75.6 cm³/mol. The molecule has 0 amide bonds. The Morgan fingerprint density at radius 1 is 1.21 bits per heavy atom. The van der Waals surface area contributed by atoms with Gasteiger partial charge in [0.05, 0.1) is 0 Å². The number of hydrogen-bond donors (Lipinski definition) is 1. The zero-order valence-corrected chi connectivity index (χ0v) is 11.7. The normalized spacial score (nSPS) is 24.7. The summed E-state index contributed by atoms with van der Waals surface area (Å²) in [6.07, 6.45) is 5.32. The van der Waals surface area contributed by atoms with Crippen LogP contribution in [-0.2, 0) is 0 Å². The predicted octanol–water partition coefficient (Wildman–Crippen LogP) is 3.10. The van der Waals surface area contributed by atoms with Gasteiger partial charge in [-0.1, -0.05) is 25.0 Å². The number of piperazine rings is 1. The molecule has 1 aromatic carbocycles. The molecule has 3 rings (SSSR count). The molecule has 2 nitrogen and oxygen atoms in total. The van der Waals surface area contributed by atoms with Gasteiger partial charge in [0, 0.05) is 31.2 Å². The standard InChI is InChI=1S/C16H23FN2/c1-13(14-4-6-15(17)7-5-14)19-11-10-18-16(12-19)8-2-3-9-16/h4-7,13,18H,2-3,8-12H2,1H3. The molecule has 3 heteroatoms. The first-order valence-electron chi connectivity index (χ1n) is 7.43.